The van der Waals surface area contributed by atoms with Gasteiger partial charge in [0.2, 0.25) is 0 Å². The molecule has 3 N–H and O–H groups in total. The van der Waals surface area contributed by atoms with Crippen LogP contribution >= 0.6 is 0 Å². The number of nitrogen functional groups attached to an aromatic ring is 1. The number of hydrogen-bond acceptors (Lipinski definition) is 4. The van der Waals surface area contributed by atoms with Gasteiger partial charge in [0.05, 0.1) is 0 Å². The molecule has 1 aromatic carbocycles. The van der Waals surface area contributed by atoms with Gasteiger partial charge >= 0.3 is 0 Å². The first-order chi connectivity index (χ1) is 8.72. The fourth-order valence-electron chi connectivity index (χ4n) is 2.77. The summed E-state index contributed by atoms with van der Waals surface area (Å²) in [6.07, 6.45) is 5.31. The highest BCUT2D eigenvalue weighted by molar-refractivity contribution is 5.78. The zero-order valence-corrected chi connectivity index (χ0v) is 10.6. The van der Waals surface area contributed by atoms with Gasteiger partial charge in [-0.15, -0.1) is 0 Å². The molecule has 1 fully saturated rings. The first-order valence-corrected chi connectivity index (χ1v) is 6.65. The number of nitrogens with one attached hydrogen (secondary N) is 1. The van der Waals surface area contributed by atoms with Crippen molar-refractivity contribution in [2.24, 2.45) is 5.92 Å². The summed E-state index contributed by atoms with van der Waals surface area (Å²) in [5, 5.41) is 3.37. The third-order valence-electron chi connectivity index (χ3n) is 3.87. The van der Waals surface area contributed by atoms with Crippen LogP contribution in [0.5, 0.6) is 0 Å². The molecule has 3 rings (SSSR count). The number of anilines is 2. The Morgan fingerprint density at radius 1 is 1.39 bits per heavy atom. The van der Waals surface area contributed by atoms with Gasteiger partial charge < -0.3 is 15.5 Å². The number of hydrogen-bond donors (Lipinski definition) is 2. The van der Waals surface area contributed by atoms with Crippen LogP contribution in [0.15, 0.2) is 22.6 Å². The van der Waals surface area contributed by atoms with Crippen LogP contribution in [0.25, 0.3) is 11.1 Å². The average Bonchev–Trinajstić information content (AvgIpc) is 2.95. The Hall–Kier alpha value is -1.71. The van der Waals surface area contributed by atoms with E-state index in [0.29, 0.717) is 17.7 Å². The minimum Gasteiger partial charge on any atom is -0.423 e. The normalized spacial score (nSPS) is 18.3. The van der Waals surface area contributed by atoms with E-state index in [-0.39, 0.29) is 0 Å². The zero-order valence-electron chi connectivity index (χ0n) is 10.6. The first kappa shape index (κ1) is 11.4. The Kier molecular flexibility index (Phi) is 2.86. The van der Waals surface area contributed by atoms with E-state index in [1.54, 1.807) is 0 Å². The Labute approximate surface area is 107 Å². The van der Waals surface area contributed by atoms with E-state index < -0.39 is 0 Å². The van der Waals surface area contributed by atoms with Crippen molar-refractivity contribution in [1.29, 1.82) is 0 Å². The molecule has 0 saturated heterocycles. The van der Waals surface area contributed by atoms with E-state index in [4.69, 9.17) is 10.2 Å². The van der Waals surface area contributed by atoms with Gasteiger partial charge in [-0.05, 0) is 37.8 Å². The molecule has 1 unspecified atom stereocenters. The number of aromatic nitrogens is 1. The van der Waals surface area contributed by atoms with Crippen LogP contribution < -0.4 is 11.1 Å². The fraction of sp³-hybridized carbons (Fsp3) is 0.500. The molecule has 4 nitrogen and oxygen atoms in total. The van der Waals surface area contributed by atoms with Crippen molar-refractivity contribution in [3.8, 4) is 0 Å². The lowest BCUT2D eigenvalue weighted by molar-refractivity contribution is 0.467. The van der Waals surface area contributed by atoms with Crippen molar-refractivity contribution >= 4 is 22.8 Å². The number of oxazole rings is 1. The van der Waals surface area contributed by atoms with Gasteiger partial charge in [-0.1, -0.05) is 12.8 Å². The Bertz CT molecular complexity index is 543. The van der Waals surface area contributed by atoms with Crippen LogP contribution in [0.4, 0.5) is 11.7 Å². The monoisotopic (exact) mass is 245 g/mol. The molecule has 0 bridgehead atoms. The summed E-state index contributed by atoms with van der Waals surface area (Å²) in [4.78, 5) is 4.43. The van der Waals surface area contributed by atoms with Gasteiger partial charge in [0.1, 0.15) is 5.52 Å². The molecule has 1 saturated carbocycles. The minimum absolute atomic E-state index is 0.415. The minimum atomic E-state index is 0.415. The largest absolute Gasteiger partial charge is 0.423 e. The van der Waals surface area contributed by atoms with Crippen LogP contribution in [0.1, 0.15) is 32.6 Å². The number of rotatable bonds is 3. The Morgan fingerprint density at radius 3 is 2.94 bits per heavy atom. The maximum atomic E-state index is 5.73. The van der Waals surface area contributed by atoms with Crippen LogP contribution in [-0.2, 0) is 0 Å². The molecule has 1 aliphatic rings. The van der Waals surface area contributed by atoms with E-state index in [0.717, 1.165) is 17.0 Å². The van der Waals surface area contributed by atoms with E-state index >= 15 is 0 Å². The van der Waals surface area contributed by atoms with Crippen molar-refractivity contribution in [2.75, 3.05) is 11.1 Å². The molecule has 1 aromatic heterocycles. The predicted octanol–water partition coefficient (Wildman–Crippen LogP) is 3.40. The van der Waals surface area contributed by atoms with Crippen molar-refractivity contribution in [2.45, 2.75) is 38.6 Å². The summed E-state index contributed by atoms with van der Waals surface area (Å²) in [6.45, 7) is 2.21. The molecule has 4 heteroatoms. The summed E-state index contributed by atoms with van der Waals surface area (Å²) in [5.74, 6) is 0.741. The summed E-state index contributed by atoms with van der Waals surface area (Å²) < 4.78 is 5.68. The van der Waals surface area contributed by atoms with Crippen LogP contribution in [0.2, 0.25) is 0 Å². The molecule has 1 heterocycles. The number of benzene rings is 1. The van der Waals surface area contributed by atoms with Gasteiger partial charge in [-0.25, -0.2) is 0 Å². The Balaban J connectivity index is 1.77. The highest BCUT2D eigenvalue weighted by atomic mass is 16.4. The smallest absolute Gasteiger partial charge is 0.295 e. The van der Waals surface area contributed by atoms with Crippen molar-refractivity contribution in [3.63, 3.8) is 0 Å². The molecule has 96 valence electrons. The second-order valence-corrected chi connectivity index (χ2v) is 5.22. The molecule has 18 heavy (non-hydrogen) atoms. The van der Waals surface area contributed by atoms with Crippen LogP contribution in [0.3, 0.4) is 0 Å². The topological polar surface area (TPSA) is 64.1 Å². The van der Waals surface area contributed by atoms with Gasteiger partial charge in [-0.3, -0.25) is 0 Å². The van der Waals surface area contributed by atoms with E-state index in [2.05, 4.69) is 17.2 Å². The molecule has 0 radical (unpaired) electrons. The summed E-state index contributed by atoms with van der Waals surface area (Å²) in [5.41, 5.74) is 8.03. The van der Waals surface area contributed by atoms with Crippen LogP contribution in [-0.4, -0.2) is 11.0 Å². The van der Waals surface area contributed by atoms with Gasteiger partial charge in [-0.2, -0.15) is 4.98 Å². The molecule has 2 aromatic rings. The van der Waals surface area contributed by atoms with Gasteiger partial charge in [0.15, 0.2) is 5.58 Å². The van der Waals surface area contributed by atoms with Crippen LogP contribution in [0, 0.1) is 5.92 Å². The SMILES string of the molecule is CC(Nc1nc2ccc(N)cc2o1)C1CCCC1. The summed E-state index contributed by atoms with van der Waals surface area (Å²) in [6, 6.07) is 6.57. The standard InChI is InChI=1S/C14H19N3O/c1-9(10-4-2-3-5-10)16-14-17-12-7-6-11(15)8-13(12)18-14/h6-10H,2-5,15H2,1H3,(H,16,17). The maximum absolute atomic E-state index is 5.73. The number of nitrogens with zero attached hydrogens (tertiary/aromatic N) is 1. The zero-order chi connectivity index (χ0) is 12.5. The Morgan fingerprint density at radius 2 is 2.17 bits per heavy atom. The van der Waals surface area contributed by atoms with E-state index in [9.17, 15) is 0 Å². The van der Waals surface area contributed by atoms with Crippen molar-refractivity contribution in [1.82, 2.24) is 4.98 Å². The lowest BCUT2D eigenvalue weighted by atomic mass is 10.0. The highest BCUT2D eigenvalue weighted by Crippen LogP contribution is 2.30. The van der Waals surface area contributed by atoms with E-state index in [1.165, 1.54) is 25.7 Å². The number of nitrogens with two attached hydrogens (primary N) is 1. The summed E-state index contributed by atoms with van der Waals surface area (Å²) in [7, 11) is 0. The summed E-state index contributed by atoms with van der Waals surface area (Å²) >= 11 is 0. The maximum Gasteiger partial charge on any atom is 0.295 e. The van der Waals surface area contributed by atoms with Gasteiger partial charge in [0, 0.05) is 17.8 Å². The lowest BCUT2D eigenvalue weighted by Gasteiger charge is -2.18. The van der Waals surface area contributed by atoms with Crippen molar-refractivity contribution in [3.05, 3.63) is 18.2 Å². The fourth-order valence-corrected chi connectivity index (χ4v) is 2.77. The molecular formula is C14H19N3O. The molecular weight excluding hydrogens is 226 g/mol. The molecule has 0 amide bonds. The molecule has 1 aliphatic carbocycles. The molecule has 1 atom stereocenters. The predicted molar refractivity (Wildman–Crippen MR) is 73.5 cm³/mol. The molecule has 0 spiro atoms. The van der Waals surface area contributed by atoms with Crippen molar-refractivity contribution < 1.29 is 4.42 Å². The lowest BCUT2D eigenvalue weighted by Crippen LogP contribution is -2.23. The molecule has 0 aliphatic heterocycles. The van der Waals surface area contributed by atoms with Gasteiger partial charge in [0.25, 0.3) is 6.01 Å². The quantitative estimate of drug-likeness (QED) is 0.813. The average molecular weight is 245 g/mol. The van der Waals surface area contributed by atoms with E-state index in [1.807, 2.05) is 18.2 Å². The third-order valence-corrected chi connectivity index (χ3v) is 3.87. The third kappa shape index (κ3) is 2.15. The highest BCUT2D eigenvalue weighted by Gasteiger charge is 2.22. The first-order valence-electron chi connectivity index (χ1n) is 6.65. The second kappa shape index (κ2) is 4.52. The second-order valence-electron chi connectivity index (χ2n) is 5.22. The number of fused-ring (bicyclic) bond motifs is 1.